The molecule has 2 atom stereocenters. The Morgan fingerprint density at radius 3 is 2.23 bits per heavy atom. The Balaban J connectivity index is 1.82. The molecule has 2 heterocycles. The van der Waals surface area contributed by atoms with E-state index in [0.29, 0.717) is 10.7 Å². The summed E-state index contributed by atoms with van der Waals surface area (Å²) in [6.07, 6.45) is 1.58. The molecule has 31 heavy (non-hydrogen) atoms. The van der Waals surface area contributed by atoms with Crippen molar-refractivity contribution in [2.24, 2.45) is 5.92 Å². The number of anilines is 1. The molecule has 0 radical (unpaired) electrons. The zero-order chi connectivity index (χ0) is 22.3. The number of ketones is 2. The van der Waals surface area contributed by atoms with Gasteiger partial charge in [-0.3, -0.25) is 19.3 Å². The molecular formula is C24H21BrN2O3S. The molecule has 7 heteroatoms. The molecule has 0 spiro atoms. The van der Waals surface area contributed by atoms with Gasteiger partial charge in [0.05, 0.1) is 6.04 Å². The third kappa shape index (κ3) is 4.00. The first kappa shape index (κ1) is 21.6. The summed E-state index contributed by atoms with van der Waals surface area (Å²) in [4.78, 5) is 45.1. The lowest BCUT2D eigenvalue weighted by atomic mass is 9.83. The van der Waals surface area contributed by atoms with Crippen LogP contribution in [0.2, 0.25) is 0 Å². The summed E-state index contributed by atoms with van der Waals surface area (Å²) < 4.78 is 0.830. The lowest BCUT2D eigenvalue weighted by Crippen LogP contribution is -2.30. The predicted octanol–water partition coefficient (Wildman–Crippen LogP) is 5.36. The van der Waals surface area contributed by atoms with Crippen molar-refractivity contribution in [1.82, 2.24) is 4.98 Å². The predicted molar refractivity (Wildman–Crippen MR) is 124 cm³/mol. The van der Waals surface area contributed by atoms with E-state index in [1.54, 1.807) is 35.8 Å². The maximum Gasteiger partial charge on any atom is 0.297 e. The summed E-state index contributed by atoms with van der Waals surface area (Å²) in [6.45, 7) is 6.35. The number of benzene rings is 2. The van der Waals surface area contributed by atoms with Crippen LogP contribution in [-0.2, 0) is 15.0 Å². The molecule has 1 saturated heterocycles. The Hall–Kier alpha value is -2.64. The topological polar surface area (TPSA) is 67.3 Å². The van der Waals surface area contributed by atoms with E-state index in [4.69, 9.17) is 0 Å². The molecule has 0 saturated carbocycles. The lowest BCUT2D eigenvalue weighted by molar-refractivity contribution is -0.135. The molecule has 1 aliphatic rings. The average Bonchev–Trinajstić information content (AvgIpc) is 3.34. The van der Waals surface area contributed by atoms with Crippen molar-refractivity contribution in [3.8, 4) is 0 Å². The molecule has 1 fully saturated rings. The summed E-state index contributed by atoms with van der Waals surface area (Å²) in [6, 6.07) is 13.9. The largest absolute Gasteiger partial charge is 0.297 e. The van der Waals surface area contributed by atoms with E-state index in [-0.39, 0.29) is 11.2 Å². The van der Waals surface area contributed by atoms with Crippen LogP contribution in [0.15, 0.2) is 64.6 Å². The highest BCUT2D eigenvalue weighted by Crippen LogP contribution is 2.42. The number of rotatable bonds is 4. The van der Waals surface area contributed by atoms with Gasteiger partial charge in [-0.1, -0.05) is 73.1 Å². The zero-order valence-electron chi connectivity index (χ0n) is 17.3. The molecule has 1 amide bonds. The van der Waals surface area contributed by atoms with Crippen molar-refractivity contribution in [3.05, 3.63) is 81.3 Å². The Morgan fingerprint density at radius 2 is 1.68 bits per heavy atom. The van der Waals surface area contributed by atoms with Crippen LogP contribution in [0.3, 0.4) is 0 Å². The van der Waals surface area contributed by atoms with Crippen LogP contribution in [0.25, 0.3) is 0 Å². The van der Waals surface area contributed by atoms with E-state index in [1.807, 2.05) is 24.3 Å². The Labute approximate surface area is 193 Å². The van der Waals surface area contributed by atoms with Crippen LogP contribution >= 0.6 is 27.3 Å². The molecule has 158 valence electrons. The number of Topliss-reactive ketones (excluding diaryl/α,β-unsaturated/α-hetero) is 2. The minimum Gasteiger partial charge on any atom is -0.293 e. The maximum atomic E-state index is 13.4. The van der Waals surface area contributed by atoms with Crippen molar-refractivity contribution in [2.45, 2.75) is 32.2 Å². The Morgan fingerprint density at radius 1 is 1.03 bits per heavy atom. The summed E-state index contributed by atoms with van der Waals surface area (Å²) >= 11 is 4.63. The van der Waals surface area contributed by atoms with Gasteiger partial charge >= 0.3 is 0 Å². The van der Waals surface area contributed by atoms with Gasteiger partial charge in [-0.05, 0) is 28.7 Å². The van der Waals surface area contributed by atoms with Gasteiger partial charge in [0.25, 0.3) is 5.91 Å². The SMILES string of the molecule is CC(C)(C)c1ccc(C2C(C(=O)c3ccc(Br)cc3)C(=O)C(=O)N2c2nccs2)cc1. The molecule has 2 aromatic carbocycles. The number of halogens is 1. The fourth-order valence-corrected chi connectivity index (χ4v) is 4.73. The van der Waals surface area contributed by atoms with Gasteiger partial charge in [0, 0.05) is 21.6 Å². The fraction of sp³-hybridized carbons (Fsp3) is 0.250. The quantitative estimate of drug-likeness (QED) is 0.277. The number of hydrogen-bond acceptors (Lipinski definition) is 5. The standard InChI is InChI=1S/C24H21BrN2O3S/c1-24(2,3)16-8-4-14(5-9-16)19-18(20(28)15-6-10-17(25)11-7-15)21(29)22(30)27(19)23-26-12-13-31-23/h4-13,18-19H,1-3H3. The number of nitrogens with zero attached hydrogens (tertiary/aromatic N) is 2. The smallest absolute Gasteiger partial charge is 0.293 e. The van der Waals surface area contributed by atoms with E-state index in [1.165, 1.54) is 16.2 Å². The van der Waals surface area contributed by atoms with Crippen LogP contribution in [-0.4, -0.2) is 22.5 Å². The molecule has 0 bridgehead atoms. The number of hydrogen-bond donors (Lipinski definition) is 0. The monoisotopic (exact) mass is 496 g/mol. The van der Waals surface area contributed by atoms with Gasteiger partial charge in [0.15, 0.2) is 10.9 Å². The van der Waals surface area contributed by atoms with Crippen LogP contribution in [0.4, 0.5) is 5.13 Å². The summed E-state index contributed by atoms with van der Waals surface area (Å²) in [5.41, 5.74) is 2.22. The van der Waals surface area contributed by atoms with E-state index < -0.39 is 23.7 Å². The van der Waals surface area contributed by atoms with Gasteiger partial charge in [-0.15, -0.1) is 11.3 Å². The number of carbonyl (C=O) groups excluding carboxylic acids is 3. The third-order valence-electron chi connectivity index (χ3n) is 5.46. The zero-order valence-corrected chi connectivity index (χ0v) is 19.7. The third-order valence-corrected chi connectivity index (χ3v) is 6.76. The Bertz CT molecular complexity index is 1130. The Kier molecular flexibility index (Phi) is 5.66. The van der Waals surface area contributed by atoms with E-state index in [0.717, 1.165) is 15.6 Å². The maximum absolute atomic E-state index is 13.4. The summed E-state index contributed by atoms with van der Waals surface area (Å²) in [7, 11) is 0. The van der Waals surface area contributed by atoms with Gasteiger partial charge < -0.3 is 0 Å². The van der Waals surface area contributed by atoms with E-state index in [9.17, 15) is 14.4 Å². The van der Waals surface area contributed by atoms with Crippen molar-refractivity contribution in [2.75, 3.05) is 4.90 Å². The first-order chi connectivity index (χ1) is 14.7. The van der Waals surface area contributed by atoms with Gasteiger partial charge in [-0.2, -0.15) is 0 Å². The molecular weight excluding hydrogens is 476 g/mol. The highest BCUT2D eigenvalue weighted by atomic mass is 79.9. The van der Waals surface area contributed by atoms with Crippen LogP contribution in [0.1, 0.15) is 48.3 Å². The molecule has 4 rings (SSSR count). The number of aromatic nitrogens is 1. The van der Waals surface area contributed by atoms with Crippen LogP contribution in [0.5, 0.6) is 0 Å². The van der Waals surface area contributed by atoms with Crippen molar-refractivity contribution >= 4 is 49.9 Å². The highest BCUT2D eigenvalue weighted by molar-refractivity contribution is 9.10. The molecule has 0 N–H and O–H groups in total. The first-order valence-electron chi connectivity index (χ1n) is 9.85. The second kappa shape index (κ2) is 8.13. The van der Waals surface area contributed by atoms with Crippen LogP contribution < -0.4 is 4.90 Å². The lowest BCUT2D eigenvalue weighted by Gasteiger charge is -2.26. The van der Waals surface area contributed by atoms with Crippen molar-refractivity contribution < 1.29 is 14.4 Å². The van der Waals surface area contributed by atoms with E-state index in [2.05, 4.69) is 41.7 Å². The molecule has 1 aliphatic heterocycles. The fourth-order valence-electron chi connectivity index (χ4n) is 3.79. The van der Waals surface area contributed by atoms with Crippen molar-refractivity contribution in [3.63, 3.8) is 0 Å². The summed E-state index contributed by atoms with van der Waals surface area (Å²) in [5.74, 6) is -2.89. The molecule has 5 nitrogen and oxygen atoms in total. The highest BCUT2D eigenvalue weighted by Gasteiger charge is 2.53. The molecule has 1 aromatic heterocycles. The minimum atomic E-state index is -1.13. The number of thiazole rings is 1. The summed E-state index contributed by atoms with van der Waals surface area (Å²) in [5, 5.41) is 2.16. The molecule has 2 unspecified atom stereocenters. The second-order valence-corrected chi connectivity index (χ2v) is 10.3. The molecule has 3 aromatic rings. The van der Waals surface area contributed by atoms with Gasteiger partial charge in [0.1, 0.15) is 5.92 Å². The average molecular weight is 497 g/mol. The van der Waals surface area contributed by atoms with Crippen LogP contribution in [0, 0.1) is 5.92 Å². The number of carbonyl (C=O) groups is 3. The number of amides is 1. The van der Waals surface area contributed by atoms with Gasteiger partial charge in [0.2, 0.25) is 5.78 Å². The van der Waals surface area contributed by atoms with E-state index >= 15 is 0 Å². The molecule has 0 aliphatic carbocycles. The first-order valence-corrected chi connectivity index (χ1v) is 11.5. The normalized spacial score (nSPS) is 19.2. The van der Waals surface area contributed by atoms with Gasteiger partial charge in [-0.25, -0.2) is 4.98 Å². The van der Waals surface area contributed by atoms with Crippen molar-refractivity contribution in [1.29, 1.82) is 0 Å². The second-order valence-electron chi connectivity index (χ2n) is 8.52. The minimum absolute atomic E-state index is 0.0402.